The zero-order valence-electron chi connectivity index (χ0n) is 14.4. The lowest BCUT2D eigenvalue weighted by Crippen LogP contribution is -2.24. The SMILES string of the molecule is CSc1ccc(-c2noc(C3CC(=O)N(c4ccc(F)cc4Cl)C3)n2)cc1. The molecule has 138 valence electrons. The maximum absolute atomic E-state index is 13.3. The molecule has 1 amide bonds. The molecule has 2 heterocycles. The van der Waals surface area contributed by atoms with Gasteiger partial charge in [0, 0.05) is 23.4 Å². The average Bonchev–Trinajstić information content (AvgIpc) is 3.29. The number of amides is 1. The summed E-state index contributed by atoms with van der Waals surface area (Å²) in [6.45, 7) is 0.358. The molecule has 0 spiro atoms. The fraction of sp³-hybridized carbons (Fsp3) is 0.211. The average molecular weight is 404 g/mol. The molecule has 1 saturated heterocycles. The fourth-order valence-electron chi connectivity index (χ4n) is 3.06. The summed E-state index contributed by atoms with van der Waals surface area (Å²) in [4.78, 5) is 19.6. The van der Waals surface area contributed by atoms with Crippen LogP contribution in [-0.4, -0.2) is 28.8 Å². The molecule has 0 radical (unpaired) electrons. The van der Waals surface area contributed by atoms with Crippen molar-refractivity contribution >= 4 is 35.0 Å². The minimum atomic E-state index is -0.444. The van der Waals surface area contributed by atoms with Crippen LogP contribution < -0.4 is 4.90 Å². The predicted octanol–water partition coefficient (Wildman–Crippen LogP) is 4.77. The van der Waals surface area contributed by atoms with Crippen LogP contribution in [0, 0.1) is 5.82 Å². The van der Waals surface area contributed by atoms with E-state index in [0.29, 0.717) is 23.9 Å². The number of hydrogen-bond acceptors (Lipinski definition) is 5. The highest BCUT2D eigenvalue weighted by Gasteiger charge is 2.36. The molecule has 4 rings (SSSR count). The van der Waals surface area contributed by atoms with Crippen molar-refractivity contribution in [1.82, 2.24) is 10.1 Å². The maximum Gasteiger partial charge on any atom is 0.232 e. The van der Waals surface area contributed by atoms with Crippen LogP contribution in [0.5, 0.6) is 0 Å². The number of rotatable bonds is 4. The minimum Gasteiger partial charge on any atom is -0.339 e. The number of carbonyl (C=O) groups excluding carboxylic acids is 1. The molecule has 5 nitrogen and oxygen atoms in total. The summed E-state index contributed by atoms with van der Waals surface area (Å²) in [5, 5.41) is 4.24. The Balaban J connectivity index is 1.54. The summed E-state index contributed by atoms with van der Waals surface area (Å²) in [6.07, 6.45) is 2.25. The highest BCUT2D eigenvalue weighted by molar-refractivity contribution is 7.98. The van der Waals surface area contributed by atoms with E-state index in [1.807, 2.05) is 30.5 Å². The molecule has 1 aliphatic heterocycles. The van der Waals surface area contributed by atoms with Gasteiger partial charge in [-0.3, -0.25) is 4.79 Å². The molecular formula is C19H15ClFN3O2S. The number of thioether (sulfide) groups is 1. The second-order valence-corrected chi connectivity index (χ2v) is 7.47. The van der Waals surface area contributed by atoms with Crippen molar-refractivity contribution in [2.75, 3.05) is 17.7 Å². The third-order valence-electron chi connectivity index (χ3n) is 4.46. The lowest BCUT2D eigenvalue weighted by atomic mass is 10.1. The number of carbonyl (C=O) groups is 1. The Bertz CT molecular complexity index is 993. The van der Waals surface area contributed by atoms with Crippen LogP contribution in [0.2, 0.25) is 5.02 Å². The number of halogens is 2. The van der Waals surface area contributed by atoms with Crippen molar-refractivity contribution in [1.29, 1.82) is 0 Å². The van der Waals surface area contributed by atoms with Crippen LogP contribution in [0.1, 0.15) is 18.2 Å². The molecule has 0 bridgehead atoms. The van der Waals surface area contributed by atoms with Crippen LogP contribution in [0.25, 0.3) is 11.4 Å². The third-order valence-corrected chi connectivity index (χ3v) is 5.51. The topological polar surface area (TPSA) is 59.2 Å². The number of nitrogens with zero attached hydrogens (tertiary/aromatic N) is 3. The molecule has 1 atom stereocenters. The molecule has 27 heavy (non-hydrogen) atoms. The first kappa shape index (κ1) is 18.0. The summed E-state index contributed by atoms with van der Waals surface area (Å²) in [5.74, 6) is 0.111. The van der Waals surface area contributed by atoms with E-state index in [2.05, 4.69) is 10.1 Å². The Hall–Kier alpha value is -2.38. The Morgan fingerprint density at radius 3 is 2.74 bits per heavy atom. The van der Waals surface area contributed by atoms with Crippen molar-refractivity contribution in [3.05, 3.63) is 59.2 Å². The quantitative estimate of drug-likeness (QED) is 0.587. The Morgan fingerprint density at radius 1 is 1.26 bits per heavy atom. The second-order valence-electron chi connectivity index (χ2n) is 6.19. The molecule has 0 saturated carbocycles. The van der Waals surface area contributed by atoms with Gasteiger partial charge in [0.15, 0.2) is 0 Å². The molecule has 0 aliphatic carbocycles. The van der Waals surface area contributed by atoms with Gasteiger partial charge in [-0.25, -0.2) is 4.39 Å². The van der Waals surface area contributed by atoms with E-state index >= 15 is 0 Å². The van der Waals surface area contributed by atoms with Crippen molar-refractivity contribution in [3.63, 3.8) is 0 Å². The molecule has 1 aliphatic rings. The second kappa shape index (κ2) is 7.32. The molecular weight excluding hydrogens is 389 g/mol. The highest BCUT2D eigenvalue weighted by Crippen LogP contribution is 2.35. The number of hydrogen-bond donors (Lipinski definition) is 0. The fourth-order valence-corrected chi connectivity index (χ4v) is 3.74. The first-order valence-corrected chi connectivity index (χ1v) is 9.89. The molecule has 0 N–H and O–H groups in total. The standard InChI is InChI=1S/C19H15ClFN3O2S/c1-27-14-5-2-11(3-6-14)18-22-19(26-23-18)12-8-17(25)24(10-12)16-7-4-13(21)9-15(16)20/h2-7,9,12H,8,10H2,1H3. The number of aromatic nitrogens is 2. The third kappa shape index (κ3) is 3.57. The van der Waals surface area contributed by atoms with E-state index in [9.17, 15) is 9.18 Å². The summed E-state index contributed by atoms with van der Waals surface area (Å²) in [5.41, 5.74) is 1.34. The summed E-state index contributed by atoms with van der Waals surface area (Å²) < 4.78 is 18.7. The Kier molecular flexibility index (Phi) is 4.88. The summed E-state index contributed by atoms with van der Waals surface area (Å²) >= 11 is 7.75. The first-order valence-electron chi connectivity index (χ1n) is 8.28. The summed E-state index contributed by atoms with van der Waals surface area (Å²) in [6, 6.07) is 11.8. The van der Waals surface area contributed by atoms with Crippen LogP contribution in [0.15, 0.2) is 51.9 Å². The van der Waals surface area contributed by atoms with Crippen LogP contribution in [-0.2, 0) is 4.79 Å². The summed E-state index contributed by atoms with van der Waals surface area (Å²) in [7, 11) is 0. The van der Waals surface area contributed by atoms with E-state index in [1.54, 1.807) is 11.8 Å². The van der Waals surface area contributed by atoms with Crippen LogP contribution in [0.3, 0.4) is 0 Å². The van der Waals surface area contributed by atoms with Gasteiger partial charge >= 0.3 is 0 Å². The van der Waals surface area contributed by atoms with Gasteiger partial charge in [-0.1, -0.05) is 16.8 Å². The number of benzene rings is 2. The van der Waals surface area contributed by atoms with Crippen molar-refractivity contribution in [2.45, 2.75) is 17.2 Å². The van der Waals surface area contributed by atoms with Gasteiger partial charge in [-0.2, -0.15) is 4.98 Å². The van der Waals surface area contributed by atoms with Crippen molar-refractivity contribution in [2.24, 2.45) is 0 Å². The zero-order chi connectivity index (χ0) is 19.0. The van der Waals surface area contributed by atoms with Crippen molar-refractivity contribution < 1.29 is 13.7 Å². The van der Waals surface area contributed by atoms with Gasteiger partial charge < -0.3 is 9.42 Å². The number of anilines is 1. The van der Waals surface area contributed by atoms with Gasteiger partial charge in [-0.05, 0) is 48.7 Å². The Morgan fingerprint density at radius 2 is 2.04 bits per heavy atom. The predicted molar refractivity (Wildman–Crippen MR) is 103 cm³/mol. The van der Waals surface area contributed by atoms with Crippen molar-refractivity contribution in [3.8, 4) is 11.4 Å². The normalized spacial score (nSPS) is 16.9. The van der Waals surface area contributed by atoms with E-state index < -0.39 is 5.82 Å². The van der Waals surface area contributed by atoms with Gasteiger partial charge in [0.1, 0.15) is 5.82 Å². The van der Waals surface area contributed by atoms with Gasteiger partial charge in [0.05, 0.1) is 16.6 Å². The highest BCUT2D eigenvalue weighted by atomic mass is 35.5. The lowest BCUT2D eigenvalue weighted by molar-refractivity contribution is -0.117. The largest absolute Gasteiger partial charge is 0.339 e. The molecule has 1 aromatic heterocycles. The monoisotopic (exact) mass is 403 g/mol. The van der Waals surface area contributed by atoms with Gasteiger partial charge in [0.2, 0.25) is 17.6 Å². The van der Waals surface area contributed by atoms with Crippen LogP contribution in [0.4, 0.5) is 10.1 Å². The molecule has 8 heteroatoms. The van der Waals surface area contributed by atoms with E-state index in [4.69, 9.17) is 16.1 Å². The smallest absolute Gasteiger partial charge is 0.232 e. The van der Waals surface area contributed by atoms with Crippen LogP contribution >= 0.6 is 23.4 Å². The van der Waals surface area contributed by atoms with E-state index in [0.717, 1.165) is 10.5 Å². The molecule has 1 unspecified atom stereocenters. The zero-order valence-corrected chi connectivity index (χ0v) is 15.9. The molecule has 1 fully saturated rings. The minimum absolute atomic E-state index is 0.113. The molecule has 3 aromatic rings. The first-order chi connectivity index (χ1) is 13.0. The lowest BCUT2D eigenvalue weighted by Gasteiger charge is -2.17. The van der Waals surface area contributed by atoms with Gasteiger partial charge in [-0.15, -0.1) is 11.8 Å². The Labute approximate surface area is 164 Å². The molecule has 2 aromatic carbocycles. The van der Waals surface area contributed by atoms with Gasteiger partial charge in [0.25, 0.3) is 0 Å². The maximum atomic E-state index is 13.3. The van der Waals surface area contributed by atoms with E-state index in [-0.39, 0.29) is 23.3 Å². The van der Waals surface area contributed by atoms with E-state index in [1.165, 1.54) is 23.1 Å².